The predicted molar refractivity (Wildman–Crippen MR) is 77.3 cm³/mol. The molecule has 0 bridgehead atoms. The molecule has 6 nitrogen and oxygen atoms in total. The normalized spacial score (nSPS) is 18.2. The van der Waals surface area contributed by atoms with E-state index in [1.165, 1.54) is 0 Å². The molecular formula is C15H20N2O4. The van der Waals surface area contributed by atoms with Crippen molar-refractivity contribution in [2.45, 2.75) is 18.9 Å². The van der Waals surface area contributed by atoms with Gasteiger partial charge in [0, 0.05) is 19.6 Å². The third-order valence-electron chi connectivity index (χ3n) is 3.35. The fraction of sp³-hybridized carbons (Fsp3) is 0.467. The lowest BCUT2D eigenvalue weighted by Crippen LogP contribution is -2.41. The van der Waals surface area contributed by atoms with Gasteiger partial charge in [0.2, 0.25) is 5.91 Å². The summed E-state index contributed by atoms with van der Waals surface area (Å²) >= 11 is 0. The number of carbonyl (C=O) groups excluding carboxylic acids is 1. The zero-order chi connectivity index (χ0) is 15.1. The first kappa shape index (κ1) is 15.5. The molecule has 1 fully saturated rings. The van der Waals surface area contributed by atoms with E-state index in [1.807, 2.05) is 0 Å². The third-order valence-corrected chi connectivity index (χ3v) is 3.35. The fourth-order valence-electron chi connectivity index (χ4n) is 2.19. The predicted octanol–water partition coefficient (Wildman–Crippen LogP) is 0.422. The van der Waals surface area contributed by atoms with Crippen LogP contribution in [-0.4, -0.2) is 49.3 Å². The summed E-state index contributed by atoms with van der Waals surface area (Å²) in [4.78, 5) is 22.5. The highest BCUT2D eigenvalue weighted by molar-refractivity contribution is 5.87. The van der Waals surface area contributed by atoms with Crippen molar-refractivity contribution in [3.8, 4) is 0 Å². The van der Waals surface area contributed by atoms with Crippen LogP contribution in [0.1, 0.15) is 22.3 Å². The summed E-state index contributed by atoms with van der Waals surface area (Å²) in [5.41, 5.74) is 1.26. The summed E-state index contributed by atoms with van der Waals surface area (Å²) < 4.78 is 5.47. The van der Waals surface area contributed by atoms with Crippen molar-refractivity contribution in [3.05, 3.63) is 35.4 Å². The maximum absolute atomic E-state index is 11.7. The summed E-state index contributed by atoms with van der Waals surface area (Å²) in [6, 6.07) is 6.68. The summed E-state index contributed by atoms with van der Waals surface area (Å²) in [7, 11) is 0. The van der Waals surface area contributed by atoms with Gasteiger partial charge in [-0.3, -0.25) is 4.79 Å². The molecule has 1 atom stereocenters. The van der Waals surface area contributed by atoms with Gasteiger partial charge in [-0.15, -0.1) is 0 Å². The van der Waals surface area contributed by atoms with Crippen molar-refractivity contribution >= 4 is 11.9 Å². The monoisotopic (exact) mass is 292 g/mol. The number of aromatic carboxylic acids is 1. The number of benzene rings is 1. The number of amides is 1. The molecule has 1 unspecified atom stereocenters. The van der Waals surface area contributed by atoms with E-state index < -0.39 is 5.97 Å². The lowest BCUT2D eigenvalue weighted by atomic mass is 10.1. The average Bonchev–Trinajstić information content (AvgIpc) is 2.49. The lowest BCUT2D eigenvalue weighted by molar-refractivity contribution is -0.124. The molecule has 0 aliphatic carbocycles. The zero-order valence-corrected chi connectivity index (χ0v) is 11.8. The maximum Gasteiger partial charge on any atom is 0.335 e. The Morgan fingerprint density at radius 2 is 2.10 bits per heavy atom. The van der Waals surface area contributed by atoms with Gasteiger partial charge in [0.25, 0.3) is 0 Å². The molecule has 21 heavy (non-hydrogen) atoms. The summed E-state index contributed by atoms with van der Waals surface area (Å²) in [6.07, 6.45) is 0.994. The van der Waals surface area contributed by atoms with Gasteiger partial charge in [-0.2, -0.15) is 0 Å². The molecule has 1 aromatic carbocycles. The molecule has 6 heteroatoms. The van der Waals surface area contributed by atoms with E-state index in [1.54, 1.807) is 24.3 Å². The SMILES string of the molecule is O=C(CC1CNCCO1)NCCc1ccc(C(=O)O)cc1. The highest BCUT2D eigenvalue weighted by Gasteiger charge is 2.16. The van der Waals surface area contributed by atoms with Crippen LogP contribution in [0.4, 0.5) is 0 Å². The largest absolute Gasteiger partial charge is 0.478 e. The highest BCUT2D eigenvalue weighted by atomic mass is 16.5. The van der Waals surface area contributed by atoms with Gasteiger partial charge in [-0.1, -0.05) is 12.1 Å². The van der Waals surface area contributed by atoms with Crippen LogP contribution < -0.4 is 10.6 Å². The van der Waals surface area contributed by atoms with Gasteiger partial charge in [0.05, 0.1) is 24.7 Å². The second kappa shape index (κ2) is 7.75. The van der Waals surface area contributed by atoms with Crippen LogP contribution in [0.2, 0.25) is 0 Å². The molecule has 1 aromatic rings. The molecule has 1 saturated heterocycles. The van der Waals surface area contributed by atoms with E-state index in [2.05, 4.69) is 10.6 Å². The second-order valence-electron chi connectivity index (χ2n) is 5.00. The van der Waals surface area contributed by atoms with Crippen LogP contribution in [0.5, 0.6) is 0 Å². The molecule has 0 radical (unpaired) electrons. The molecule has 1 amide bonds. The Balaban J connectivity index is 1.68. The summed E-state index contributed by atoms with van der Waals surface area (Å²) in [6.45, 7) is 2.73. The minimum atomic E-state index is -0.934. The van der Waals surface area contributed by atoms with Gasteiger partial charge in [-0.25, -0.2) is 4.79 Å². The number of carbonyl (C=O) groups is 2. The van der Waals surface area contributed by atoms with Crippen LogP contribution >= 0.6 is 0 Å². The van der Waals surface area contributed by atoms with Crippen molar-refractivity contribution in [2.75, 3.05) is 26.2 Å². The Morgan fingerprint density at radius 3 is 2.71 bits per heavy atom. The molecule has 1 aliphatic rings. The number of morpholine rings is 1. The molecule has 3 N–H and O–H groups in total. The smallest absolute Gasteiger partial charge is 0.335 e. The third kappa shape index (κ3) is 5.17. The summed E-state index contributed by atoms with van der Waals surface area (Å²) in [5.74, 6) is -0.957. The van der Waals surface area contributed by atoms with Gasteiger partial charge in [-0.05, 0) is 24.1 Å². The van der Waals surface area contributed by atoms with Gasteiger partial charge < -0.3 is 20.5 Å². The summed E-state index contributed by atoms with van der Waals surface area (Å²) in [5, 5.41) is 14.8. The van der Waals surface area contributed by atoms with Crippen molar-refractivity contribution in [1.29, 1.82) is 0 Å². The average molecular weight is 292 g/mol. The van der Waals surface area contributed by atoms with E-state index in [0.717, 1.165) is 12.1 Å². The van der Waals surface area contributed by atoms with Gasteiger partial charge in [0.15, 0.2) is 0 Å². The lowest BCUT2D eigenvalue weighted by Gasteiger charge is -2.23. The molecule has 2 rings (SSSR count). The number of nitrogens with one attached hydrogen (secondary N) is 2. The molecule has 114 valence electrons. The van der Waals surface area contributed by atoms with Gasteiger partial charge in [0.1, 0.15) is 0 Å². The highest BCUT2D eigenvalue weighted by Crippen LogP contribution is 2.05. The van der Waals surface area contributed by atoms with E-state index in [0.29, 0.717) is 32.5 Å². The Hall–Kier alpha value is -1.92. The van der Waals surface area contributed by atoms with Crippen LogP contribution in [0, 0.1) is 0 Å². The molecule has 1 heterocycles. The Labute approximate surface area is 123 Å². The standard InChI is InChI=1S/C15H20N2O4/c18-14(9-13-10-16-7-8-21-13)17-6-5-11-1-3-12(4-2-11)15(19)20/h1-4,13,16H,5-10H2,(H,17,18)(H,19,20). The first-order valence-corrected chi connectivity index (χ1v) is 7.06. The molecular weight excluding hydrogens is 272 g/mol. The fourth-order valence-corrected chi connectivity index (χ4v) is 2.19. The number of hydrogen-bond acceptors (Lipinski definition) is 4. The topological polar surface area (TPSA) is 87.7 Å². The zero-order valence-electron chi connectivity index (χ0n) is 11.8. The quantitative estimate of drug-likeness (QED) is 0.707. The Morgan fingerprint density at radius 1 is 1.33 bits per heavy atom. The van der Waals surface area contributed by atoms with Crippen molar-refractivity contribution in [3.63, 3.8) is 0 Å². The number of ether oxygens (including phenoxy) is 1. The molecule has 0 saturated carbocycles. The van der Waals surface area contributed by atoms with Gasteiger partial charge >= 0.3 is 5.97 Å². The van der Waals surface area contributed by atoms with Crippen LogP contribution in [0.25, 0.3) is 0 Å². The number of carboxylic acid groups (broad SMARTS) is 1. The van der Waals surface area contributed by atoms with Crippen molar-refractivity contribution < 1.29 is 19.4 Å². The second-order valence-corrected chi connectivity index (χ2v) is 5.00. The maximum atomic E-state index is 11.7. The van der Waals surface area contributed by atoms with E-state index >= 15 is 0 Å². The minimum Gasteiger partial charge on any atom is -0.478 e. The van der Waals surface area contributed by atoms with Crippen molar-refractivity contribution in [1.82, 2.24) is 10.6 Å². The number of rotatable bonds is 6. The first-order valence-electron chi connectivity index (χ1n) is 7.06. The molecule has 0 aromatic heterocycles. The van der Waals surface area contributed by atoms with Crippen LogP contribution in [0.3, 0.4) is 0 Å². The molecule has 1 aliphatic heterocycles. The minimum absolute atomic E-state index is 0.0224. The van der Waals surface area contributed by atoms with Crippen LogP contribution in [-0.2, 0) is 16.0 Å². The van der Waals surface area contributed by atoms with E-state index in [-0.39, 0.29) is 17.6 Å². The van der Waals surface area contributed by atoms with E-state index in [9.17, 15) is 9.59 Å². The van der Waals surface area contributed by atoms with Crippen molar-refractivity contribution in [2.24, 2.45) is 0 Å². The number of carboxylic acids is 1. The number of hydrogen-bond donors (Lipinski definition) is 3. The Kier molecular flexibility index (Phi) is 5.71. The van der Waals surface area contributed by atoms with E-state index in [4.69, 9.17) is 9.84 Å². The van der Waals surface area contributed by atoms with Crippen LogP contribution in [0.15, 0.2) is 24.3 Å². The molecule has 0 spiro atoms. The Bertz CT molecular complexity index is 481. The first-order chi connectivity index (χ1) is 10.1.